The second-order valence-electron chi connectivity index (χ2n) is 6.70. The van der Waals surface area contributed by atoms with Crippen molar-refractivity contribution in [1.82, 2.24) is 4.98 Å². The number of aryl methyl sites for hydroxylation is 1. The summed E-state index contributed by atoms with van der Waals surface area (Å²) in [6.45, 7) is 2.46. The second kappa shape index (κ2) is 7.09. The highest BCUT2D eigenvalue weighted by molar-refractivity contribution is 7.92. The van der Waals surface area contributed by atoms with E-state index in [4.69, 9.17) is 0 Å². The third kappa shape index (κ3) is 3.48. The molecule has 7 heteroatoms. The number of hydrogen-bond donors (Lipinski definition) is 1. The van der Waals surface area contributed by atoms with Gasteiger partial charge in [0.1, 0.15) is 0 Å². The molecule has 142 valence electrons. The monoisotopic (exact) mass is 393 g/mol. The molecular formula is C21H19N3O3S. The van der Waals surface area contributed by atoms with Gasteiger partial charge in [0.15, 0.2) is 0 Å². The molecule has 2 aromatic carbocycles. The fraction of sp³-hybridized carbons (Fsp3) is 0.143. The summed E-state index contributed by atoms with van der Waals surface area (Å²) in [5.74, 6) is -0.125. The zero-order valence-corrected chi connectivity index (χ0v) is 16.1. The predicted molar refractivity (Wildman–Crippen MR) is 108 cm³/mol. The molecule has 2 heterocycles. The summed E-state index contributed by atoms with van der Waals surface area (Å²) in [7, 11) is -3.70. The molecule has 0 bridgehead atoms. The number of carbonyl (C=O) groups excluding carboxylic acids is 1. The van der Waals surface area contributed by atoms with E-state index in [-0.39, 0.29) is 10.8 Å². The van der Waals surface area contributed by atoms with E-state index in [9.17, 15) is 13.2 Å². The summed E-state index contributed by atoms with van der Waals surface area (Å²) in [5, 5.41) is 0. The maximum atomic E-state index is 12.8. The number of benzene rings is 2. The number of amides is 1. The largest absolute Gasteiger partial charge is 0.308 e. The maximum Gasteiger partial charge on any atom is 0.261 e. The van der Waals surface area contributed by atoms with Gasteiger partial charge in [0.25, 0.3) is 15.9 Å². The van der Waals surface area contributed by atoms with Gasteiger partial charge in [0.2, 0.25) is 0 Å². The number of nitrogens with one attached hydrogen (secondary N) is 1. The van der Waals surface area contributed by atoms with Gasteiger partial charge in [-0.05, 0) is 55.3 Å². The lowest BCUT2D eigenvalue weighted by Crippen LogP contribution is -2.28. The van der Waals surface area contributed by atoms with Crippen LogP contribution in [0.3, 0.4) is 0 Å². The van der Waals surface area contributed by atoms with Crippen LogP contribution in [0.1, 0.15) is 21.5 Å². The van der Waals surface area contributed by atoms with Crippen LogP contribution in [0.15, 0.2) is 71.9 Å². The quantitative estimate of drug-likeness (QED) is 0.737. The SMILES string of the molecule is Cc1ccc(S(=O)(=O)Nc2ccc3c(c2)N(C(=O)c2ccncc2)CC3)cc1. The molecule has 1 aliphatic heterocycles. The van der Waals surface area contributed by atoms with E-state index >= 15 is 0 Å². The minimum absolute atomic E-state index is 0.125. The van der Waals surface area contributed by atoms with E-state index in [1.54, 1.807) is 65.8 Å². The summed E-state index contributed by atoms with van der Waals surface area (Å²) in [4.78, 5) is 18.6. The number of aromatic nitrogens is 1. The van der Waals surface area contributed by atoms with Crippen LogP contribution >= 0.6 is 0 Å². The van der Waals surface area contributed by atoms with E-state index in [1.807, 2.05) is 13.0 Å². The van der Waals surface area contributed by atoms with Crippen LogP contribution < -0.4 is 9.62 Å². The first-order valence-corrected chi connectivity index (χ1v) is 10.4. The molecule has 0 atom stereocenters. The molecule has 6 nitrogen and oxygen atoms in total. The number of carbonyl (C=O) groups is 1. The Labute approximate surface area is 163 Å². The molecule has 0 fully saturated rings. The lowest BCUT2D eigenvalue weighted by Gasteiger charge is -2.18. The summed E-state index contributed by atoms with van der Waals surface area (Å²) >= 11 is 0. The van der Waals surface area contributed by atoms with Crippen LogP contribution in [-0.4, -0.2) is 25.9 Å². The Hall–Kier alpha value is -3.19. The van der Waals surface area contributed by atoms with Gasteiger partial charge in [-0.15, -0.1) is 0 Å². The van der Waals surface area contributed by atoms with Gasteiger partial charge in [0, 0.05) is 30.2 Å². The van der Waals surface area contributed by atoms with Gasteiger partial charge < -0.3 is 4.90 Å². The molecule has 1 aliphatic rings. The molecule has 3 aromatic rings. The number of sulfonamides is 1. The first kappa shape index (κ1) is 18.2. The maximum absolute atomic E-state index is 12.8. The number of hydrogen-bond acceptors (Lipinski definition) is 4. The first-order chi connectivity index (χ1) is 13.4. The van der Waals surface area contributed by atoms with E-state index in [2.05, 4.69) is 9.71 Å². The topological polar surface area (TPSA) is 79.4 Å². The number of fused-ring (bicyclic) bond motifs is 1. The molecule has 1 N–H and O–H groups in total. The van der Waals surface area contributed by atoms with Crippen molar-refractivity contribution in [3.05, 3.63) is 83.7 Å². The van der Waals surface area contributed by atoms with Crippen LogP contribution in [0.4, 0.5) is 11.4 Å². The molecule has 0 spiro atoms. The minimum atomic E-state index is -3.70. The van der Waals surface area contributed by atoms with E-state index < -0.39 is 10.0 Å². The number of anilines is 2. The standard InChI is InChI=1S/C21H19N3O3S/c1-15-2-6-19(7-3-15)28(26,27)23-18-5-4-16-10-13-24(20(16)14-18)21(25)17-8-11-22-12-9-17/h2-9,11-12,14,23H,10,13H2,1H3. The van der Waals surface area contributed by atoms with Gasteiger partial charge in [-0.1, -0.05) is 23.8 Å². The Morgan fingerprint density at radius 3 is 2.46 bits per heavy atom. The zero-order chi connectivity index (χ0) is 19.7. The number of nitrogens with zero attached hydrogens (tertiary/aromatic N) is 2. The average molecular weight is 393 g/mol. The Balaban J connectivity index is 1.62. The molecular weight excluding hydrogens is 374 g/mol. The highest BCUT2D eigenvalue weighted by atomic mass is 32.2. The van der Waals surface area contributed by atoms with E-state index in [0.29, 0.717) is 17.8 Å². The molecule has 1 aromatic heterocycles. The molecule has 0 radical (unpaired) electrons. The lowest BCUT2D eigenvalue weighted by molar-refractivity contribution is 0.0989. The Morgan fingerprint density at radius 1 is 1.04 bits per heavy atom. The summed E-state index contributed by atoms with van der Waals surface area (Å²) in [6.07, 6.45) is 3.89. The molecule has 0 saturated heterocycles. The van der Waals surface area contributed by atoms with Gasteiger partial charge in [-0.25, -0.2) is 8.42 Å². The summed E-state index contributed by atoms with van der Waals surface area (Å²) in [5.41, 5.74) is 3.70. The Kier molecular flexibility index (Phi) is 4.60. The minimum Gasteiger partial charge on any atom is -0.308 e. The highest BCUT2D eigenvalue weighted by Gasteiger charge is 2.26. The van der Waals surface area contributed by atoms with Crippen molar-refractivity contribution in [2.75, 3.05) is 16.2 Å². The molecule has 1 amide bonds. The third-order valence-electron chi connectivity index (χ3n) is 4.74. The molecule has 4 rings (SSSR count). The Morgan fingerprint density at radius 2 is 1.75 bits per heavy atom. The summed E-state index contributed by atoms with van der Waals surface area (Å²) in [6, 6.07) is 15.3. The van der Waals surface area contributed by atoms with Crippen LogP contribution in [-0.2, 0) is 16.4 Å². The van der Waals surface area contributed by atoms with Crippen molar-refractivity contribution in [3.63, 3.8) is 0 Å². The van der Waals surface area contributed by atoms with Gasteiger partial charge in [-0.2, -0.15) is 0 Å². The van der Waals surface area contributed by atoms with E-state index in [0.717, 1.165) is 23.2 Å². The van der Waals surface area contributed by atoms with Crippen molar-refractivity contribution in [2.24, 2.45) is 0 Å². The lowest BCUT2D eigenvalue weighted by atomic mass is 10.1. The molecule has 0 aliphatic carbocycles. The van der Waals surface area contributed by atoms with Gasteiger partial charge in [-0.3, -0.25) is 14.5 Å². The fourth-order valence-electron chi connectivity index (χ4n) is 3.24. The predicted octanol–water partition coefficient (Wildman–Crippen LogP) is 3.39. The smallest absolute Gasteiger partial charge is 0.261 e. The first-order valence-electron chi connectivity index (χ1n) is 8.88. The summed E-state index contributed by atoms with van der Waals surface area (Å²) < 4.78 is 27.9. The fourth-order valence-corrected chi connectivity index (χ4v) is 4.28. The normalized spacial score (nSPS) is 13.2. The van der Waals surface area contributed by atoms with Crippen molar-refractivity contribution in [1.29, 1.82) is 0 Å². The number of rotatable bonds is 4. The van der Waals surface area contributed by atoms with Crippen molar-refractivity contribution < 1.29 is 13.2 Å². The van der Waals surface area contributed by atoms with Crippen molar-refractivity contribution in [3.8, 4) is 0 Å². The molecule has 0 saturated carbocycles. The van der Waals surface area contributed by atoms with Gasteiger partial charge in [0.05, 0.1) is 10.6 Å². The van der Waals surface area contributed by atoms with E-state index in [1.165, 1.54) is 0 Å². The molecule has 28 heavy (non-hydrogen) atoms. The second-order valence-corrected chi connectivity index (χ2v) is 8.39. The Bertz CT molecular complexity index is 1130. The van der Waals surface area contributed by atoms with Crippen LogP contribution in [0.25, 0.3) is 0 Å². The number of pyridine rings is 1. The van der Waals surface area contributed by atoms with Crippen LogP contribution in [0.5, 0.6) is 0 Å². The zero-order valence-electron chi connectivity index (χ0n) is 15.3. The average Bonchev–Trinajstić information content (AvgIpc) is 3.11. The third-order valence-corrected chi connectivity index (χ3v) is 6.13. The van der Waals surface area contributed by atoms with Crippen molar-refractivity contribution >= 4 is 27.3 Å². The molecule has 0 unspecified atom stereocenters. The van der Waals surface area contributed by atoms with Crippen LogP contribution in [0.2, 0.25) is 0 Å². The van der Waals surface area contributed by atoms with Gasteiger partial charge >= 0.3 is 0 Å². The van der Waals surface area contributed by atoms with Crippen LogP contribution in [0, 0.1) is 6.92 Å². The highest BCUT2D eigenvalue weighted by Crippen LogP contribution is 2.32. The van der Waals surface area contributed by atoms with Crippen molar-refractivity contribution in [2.45, 2.75) is 18.2 Å².